The summed E-state index contributed by atoms with van der Waals surface area (Å²) in [6, 6.07) is 14.3. The molecule has 0 saturated heterocycles. The number of allylic oxidation sites excluding steroid dienone is 1. The maximum absolute atomic E-state index is 14.8. The van der Waals surface area contributed by atoms with Crippen molar-refractivity contribution in [2.45, 2.75) is 58.3 Å². The standard InChI is InChI=1S/C26H31FO/c1-3-19-6-15-26(28-17-19)24-14-13-23(16-25(24)27)22-11-9-21(10-12-22)20-7-4-18(2)5-8-20/h9-16,18-20H,3-8,17H2,1-2H3. The third-order valence-electron chi connectivity index (χ3n) is 6.65. The average Bonchev–Trinajstić information content (AvgIpc) is 2.74. The number of hydrogen-bond acceptors (Lipinski definition) is 1. The zero-order valence-corrected chi connectivity index (χ0v) is 17.1. The second kappa shape index (κ2) is 8.51. The van der Waals surface area contributed by atoms with Crippen molar-refractivity contribution in [2.75, 3.05) is 6.61 Å². The first-order chi connectivity index (χ1) is 13.6. The quantitative estimate of drug-likeness (QED) is 0.533. The second-order valence-corrected chi connectivity index (χ2v) is 8.66. The van der Waals surface area contributed by atoms with Crippen LogP contribution >= 0.6 is 0 Å². The van der Waals surface area contributed by atoms with E-state index in [1.165, 1.54) is 31.2 Å². The maximum Gasteiger partial charge on any atom is 0.134 e. The molecular weight excluding hydrogens is 347 g/mol. The van der Waals surface area contributed by atoms with Crippen molar-refractivity contribution in [3.63, 3.8) is 0 Å². The summed E-state index contributed by atoms with van der Waals surface area (Å²) in [5.41, 5.74) is 4.00. The van der Waals surface area contributed by atoms with Crippen LogP contribution in [0.2, 0.25) is 0 Å². The summed E-state index contributed by atoms with van der Waals surface area (Å²) < 4.78 is 20.6. The lowest BCUT2D eigenvalue weighted by atomic mass is 9.79. The predicted octanol–water partition coefficient (Wildman–Crippen LogP) is 7.57. The fourth-order valence-electron chi connectivity index (χ4n) is 4.52. The van der Waals surface area contributed by atoms with Gasteiger partial charge in [0.1, 0.15) is 11.6 Å². The van der Waals surface area contributed by atoms with Gasteiger partial charge >= 0.3 is 0 Å². The van der Waals surface area contributed by atoms with E-state index >= 15 is 0 Å². The highest BCUT2D eigenvalue weighted by Crippen LogP contribution is 2.36. The smallest absolute Gasteiger partial charge is 0.134 e. The molecule has 1 unspecified atom stereocenters. The summed E-state index contributed by atoms with van der Waals surface area (Å²) in [5, 5.41) is 0. The van der Waals surface area contributed by atoms with Crippen LogP contribution in [0.25, 0.3) is 16.9 Å². The molecule has 0 bridgehead atoms. The molecule has 2 aromatic carbocycles. The van der Waals surface area contributed by atoms with Crippen LogP contribution < -0.4 is 0 Å². The minimum atomic E-state index is -0.205. The summed E-state index contributed by atoms with van der Waals surface area (Å²) >= 11 is 0. The van der Waals surface area contributed by atoms with Crippen molar-refractivity contribution in [2.24, 2.45) is 11.8 Å². The van der Waals surface area contributed by atoms with Gasteiger partial charge in [0.2, 0.25) is 0 Å². The lowest BCUT2D eigenvalue weighted by Gasteiger charge is -2.26. The zero-order chi connectivity index (χ0) is 19.5. The number of halogens is 1. The first-order valence-electron chi connectivity index (χ1n) is 10.9. The van der Waals surface area contributed by atoms with E-state index in [4.69, 9.17) is 4.74 Å². The van der Waals surface area contributed by atoms with Gasteiger partial charge in [-0.2, -0.15) is 0 Å². The molecule has 1 nitrogen and oxygen atoms in total. The van der Waals surface area contributed by atoms with Gasteiger partial charge in [0.15, 0.2) is 0 Å². The van der Waals surface area contributed by atoms with Gasteiger partial charge < -0.3 is 4.74 Å². The first kappa shape index (κ1) is 19.2. The Morgan fingerprint density at radius 2 is 1.68 bits per heavy atom. The van der Waals surface area contributed by atoms with E-state index in [-0.39, 0.29) is 5.82 Å². The lowest BCUT2D eigenvalue weighted by molar-refractivity contribution is 0.196. The Kier molecular flexibility index (Phi) is 5.85. The van der Waals surface area contributed by atoms with Gasteiger partial charge in [-0.15, -0.1) is 0 Å². The summed E-state index contributed by atoms with van der Waals surface area (Å²) in [5.74, 6) is 2.59. The highest BCUT2D eigenvalue weighted by molar-refractivity contribution is 5.69. The lowest BCUT2D eigenvalue weighted by Crippen LogP contribution is -2.13. The third-order valence-corrected chi connectivity index (χ3v) is 6.65. The van der Waals surface area contributed by atoms with Crippen molar-refractivity contribution in [1.29, 1.82) is 0 Å². The normalized spacial score (nSPS) is 25.1. The van der Waals surface area contributed by atoms with Gasteiger partial charge in [0, 0.05) is 0 Å². The molecule has 0 aromatic heterocycles. The largest absolute Gasteiger partial charge is 0.493 e. The minimum Gasteiger partial charge on any atom is -0.493 e. The monoisotopic (exact) mass is 378 g/mol. The Balaban J connectivity index is 1.49. The highest BCUT2D eigenvalue weighted by Gasteiger charge is 2.20. The molecule has 2 heteroatoms. The number of ether oxygens (including phenoxy) is 1. The summed E-state index contributed by atoms with van der Waals surface area (Å²) in [4.78, 5) is 0. The van der Waals surface area contributed by atoms with Gasteiger partial charge in [0.05, 0.1) is 12.2 Å². The van der Waals surface area contributed by atoms with Crippen LogP contribution in [0.4, 0.5) is 4.39 Å². The Hall–Kier alpha value is -2.09. The van der Waals surface area contributed by atoms with Crippen molar-refractivity contribution in [3.05, 3.63) is 65.5 Å². The molecule has 1 atom stereocenters. The molecule has 0 radical (unpaired) electrons. The van der Waals surface area contributed by atoms with Crippen molar-refractivity contribution < 1.29 is 9.13 Å². The van der Waals surface area contributed by atoms with E-state index in [0.717, 1.165) is 29.9 Å². The average molecular weight is 379 g/mol. The molecule has 1 aliphatic heterocycles. The molecule has 148 valence electrons. The fourth-order valence-corrected chi connectivity index (χ4v) is 4.52. The van der Waals surface area contributed by atoms with Gasteiger partial charge in [-0.3, -0.25) is 0 Å². The Labute approximate surface area is 168 Å². The molecule has 2 aliphatic rings. The van der Waals surface area contributed by atoms with Gasteiger partial charge in [-0.1, -0.05) is 57.0 Å². The number of rotatable bonds is 4. The van der Waals surface area contributed by atoms with Crippen LogP contribution in [0, 0.1) is 17.7 Å². The van der Waals surface area contributed by atoms with Crippen molar-refractivity contribution in [3.8, 4) is 11.1 Å². The topological polar surface area (TPSA) is 9.23 Å². The van der Waals surface area contributed by atoms with E-state index in [0.29, 0.717) is 29.8 Å². The van der Waals surface area contributed by atoms with E-state index < -0.39 is 0 Å². The van der Waals surface area contributed by atoms with Crippen LogP contribution in [0.1, 0.15) is 69.4 Å². The molecule has 0 amide bonds. The highest BCUT2D eigenvalue weighted by atomic mass is 19.1. The van der Waals surface area contributed by atoms with E-state index in [2.05, 4.69) is 38.1 Å². The predicted molar refractivity (Wildman–Crippen MR) is 115 cm³/mol. The minimum absolute atomic E-state index is 0.205. The zero-order valence-electron chi connectivity index (χ0n) is 17.1. The van der Waals surface area contributed by atoms with Crippen molar-refractivity contribution in [1.82, 2.24) is 0 Å². The molecule has 0 N–H and O–H groups in total. The van der Waals surface area contributed by atoms with Gasteiger partial charge in [0.25, 0.3) is 0 Å². The summed E-state index contributed by atoms with van der Waals surface area (Å²) in [6.07, 6.45) is 9.34. The third kappa shape index (κ3) is 4.16. The van der Waals surface area contributed by atoms with Crippen LogP contribution in [-0.4, -0.2) is 6.61 Å². The van der Waals surface area contributed by atoms with Crippen molar-refractivity contribution >= 4 is 5.76 Å². The van der Waals surface area contributed by atoms with Gasteiger partial charge in [-0.25, -0.2) is 4.39 Å². The molecule has 1 aliphatic carbocycles. The molecule has 2 aromatic rings. The SMILES string of the molecule is CCC1CC=C(c2ccc(-c3ccc(C4CCC(C)CC4)cc3)cc2F)OC1. The Bertz CT molecular complexity index is 828. The molecule has 1 saturated carbocycles. The number of hydrogen-bond donors (Lipinski definition) is 0. The van der Waals surface area contributed by atoms with Crippen LogP contribution in [0.5, 0.6) is 0 Å². The molecule has 1 fully saturated rings. The Morgan fingerprint density at radius 1 is 0.964 bits per heavy atom. The van der Waals surface area contributed by atoms with Crippen LogP contribution in [0.3, 0.4) is 0 Å². The fraction of sp³-hybridized carbons (Fsp3) is 0.462. The Morgan fingerprint density at radius 3 is 2.29 bits per heavy atom. The number of benzene rings is 2. The molecular formula is C26H31FO. The first-order valence-corrected chi connectivity index (χ1v) is 10.9. The maximum atomic E-state index is 14.8. The molecule has 1 heterocycles. The summed E-state index contributed by atoms with van der Waals surface area (Å²) in [7, 11) is 0. The van der Waals surface area contributed by atoms with Crippen LogP contribution in [0.15, 0.2) is 48.5 Å². The molecule has 4 rings (SSSR count). The second-order valence-electron chi connectivity index (χ2n) is 8.66. The van der Waals surface area contributed by atoms with E-state index in [9.17, 15) is 4.39 Å². The van der Waals surface area contributed by atoms with Gasteiger partial charge in [-0.05, 0) is 78.3 Å². The van der Waals surface area contributed by atoms with E-state index in [1.54, 1.807) is 6.07 Å². The molecule has 0 spiro atoms. The summed E-state index contributed by atoms with van der Waals surface area (Å²) in [6.45, 7) is 5.21. The van der Waals surface area contributed by atoms with E-state index in [1.807, 2.05) is 18.2 Å². The molecule has 28 heavy (non-hydrogen) atoms. The van der Waals surface area contributed by atoms with Crippen LogP contribution in [-0.2, 0) is 4.74 Å².